The fraction of sp³-hybridized carbons (Fsp3) is 0.250. The van der Waals surface area contributed by atoms with Gasteiger partial charge in [0.25, 0.3) is 5.56 Å². The highest BCUT2D eigenvalue weighted by molar-refractivity contribution is 7.92. The van der Waals surface area contributed by atoms with Gasteiger partial charge in [0.15, 0.2) is 11.5 Å². The van der Waals surface area contributed by atoms with Crippen molar-refractivity contribution in [3.63, 3.8) is 0 Å². The Morgan fingerprint density at radius 3 is 2.57 bits per heavy atom. The van der Waals surface area contributed by atoms with Crippen LogP contribution in [0.2, 0.25) is 5.02 Å². The molecular formula is C32H28ClF2N9O4S. The van der Waals surface area contributed by atoms with Crippen LogP contribution in [0.25, 0.3) is 27.6 Å². The van der Waals surface area contributed by atoms with Crippen molar-refractivity contribution in [2.45, 2.75) is 37.8 Å². The fourth-order valence-electron chi connectivity index (χ4n) is 5.91. The van der Waals surface area contributed by atoms with Gasteiger partial charge in [-0.1, -0.05) is 11.6 Å². The summed E-state index contributed by atoms with van der Waals surface area (Å²) in [5.41, 5.74) is 1.02. The van der Waals surface area contributed by atoms with Crippen LogP contribution in [0.5, 0.6) is 0 Å². The molecule has 2 N–H and O–H groups in total. The second-order valence-corrected chi connectivity index (χ2v) is 14.1. The number of pyridine rings is 1. The number of aromatic nitrogens is 7. The number of sulfonamides is 1. The van der Waals surface area contributed by atoms with E-state index >= 15 is 0 Å². The first-order chi connectivity index (χ1) is 23.3. The average molecular weight is 708 g/mol. The number of nitrogens with one attached hydrogen (secondary N) is 2. The first-order valence-corrected chi connectivity index (χ1v) is 17.4. The molecule has 0 spiro atoms. The van der Waals surface area contributed by atoms with Crippen LogP contribution in [0.15, 0.2) is 65.7 Å². The molecule has 1 unspecified atom stereocenters. The van der Waals surface area contributed by atoms with E-state index in [1.54, 1.807) is 19.3 Å². The largest absolute Gasteiger partial charge is 0.344 e. The summed E-state index contributed by atoms with van der Waals surface area (Å²) in [5, 5.41) is 12.2. The van der Waals surface area contributed by atoms with E-state index in [9.17, 15) is 26.8 Å². The van der Waals surface area contributed by atoms with Crippen molar-refractivity contribution in [1.82, 2.24) is 39.4 Å². The summed E-state index contributed by atoms with van der Waals surface area (Å²) >= 11 is 6.57. The SMILES string of the molecule is Cn1nc(NS(C)(=O)=O)c2c(Cl)ccc(-n3c(C(Cc4cc(F)cc(F)c4)NC(=O)Cn4ccc(C5CC5)n4)nc4ncccc4c3=O)c21. The molecule has 1 amide bonds. The number of fused-ring (bicyclic) bond motifs is 2. The third-order valence-electron chi connectivity index (χ3n) is 8.08. The van der Waals surface area contributed by atoms with Crippen LogP contribution < -0.4 is 15.6 Å². The summed E-state index contributed by atoms with van der Waals surface area (Å²) in [6.45, 7) is -0.176. The van der Waals surface area contributed by atoms with E-state index in [1.807, 2.05) is 6.07 Å². The van der Waals surface area contributed by atoms with Gasteiger partial charge >= 0.3 is 0 Å². The Morgan fingerprint density at radius 1 is 1.10 bits per heavy atom. The highest BCUT2D eigenvalue weighted by Crippen LogP contribution is 2.39. The summed E-state index contributed by atoms with van der Waals surface area (Å²) in [6.07, 6.45) is 6.02. The first-order valence-electron chi connectivity index (χ1n) is 15.1. The van der Waals surface area contributed by atoms with Crippen LogP contribution in [0.3, 0.4) is 0 Å². The van der Waals surface area contributed by atoms with Gasteiger partial charge in [0.1, 0.15) is 24.0 Å². The molecule has 49 heavy (non-hydrogen) atoms. The molecule has 6 aromatic rings. The van der Waals surface area contributed by atoms with E-state index in [0.717, 1.165) is 43.0 Å². The summed E-state index contributed by atoms with van der Waals surface area (Å²) in [6, 6.07) is 9.83. The number of carbonyl (C=O) groups is 1. The maximum Gasteiger partial charge on any atom is 0.267 e. The minimum absolute atomic E-state index is 0.0178. The zero-order valence-corrected chi connectivity index (χ0v) is 27.6. The number of hydrogen-bond donors (Lipinski definition) is 2. The van der Waals surface area contributed by atoms with E-state index in [1.165, 1.54) is 38.3 Å². The van der Waals surface area contributed by atoms with Gasteiger partial charge in [-0.2, -0.15) is 10.2 Å². The van der Waals surface area contributed by atoms with Crippen LogP contribution in [0.1, 0.15) is 41.9 Å². The predicted molar refractivity (Wildman–Crippen MR) is 178 cm³/mol. The van der Waals surface area contributed by atoms with E-state index < -0.39 is 39.2 Å². The molecule has 252 valence electrons. The summed E-state index contributed by atoms with van der Waals surface area (Å²) in [7, 11) is -2.23. The molecule has 13 nitrogen and oxygen atoms in total. The number of aryl methyl sites for hydroxylation is 1. The van der Waals surface area contributed by atoms with Gasteiger partial charge in [-0.05, 0) is 60.9 Å². The molecule has 1 aliphatic carbocycles. The molecule has 0 radical (unpaired) electrons. The zero-order valence-electron chi connectivity index (χ0n) is 26.1. The topological polar surface area (TPSA) is 159 Å². The third-order valence-corrected chi connectivity index (χ3v) is 8.96. The average Bonchev–Trinajstić information content (AvgIpc) is 3.68. The summed E-state index contributed by atoms with van der Waals surface area (Å²) < 4.78 is 59.6. The second kappa shape index (κ2) is 12.3. The van der Waals surface area contributed by atoms with Crippen molar-refractivity contribution in [2.75, 3.05) is 11.0 Å². The van der Waals surface area contributed by atoms with Crippen LogP contribution in [-0.2, 0) is 34.8 Å². The lowest BCUT2D eigenvalue weighted by molar-refractivity contribution is -0.122. The Kier molecular flexibility index (Phi) is 8.15. The molecule has 4 aromatic heterocycles. The number of benzene rings is 2. The van der Waals surface area contributed by atoms with E-state index in [-0.39, 0.29) is 62.8 Å². The standard InChI is InChI=1S/C32H28ClF2N9O4S/c1-42-28-25(8-7-22(33)27(28)30(40-42)41-49(2,47)48)44-31(38-29-21(32(44)46)4-3-10-36-29)24(14-17-12-19(34)15-20(35)13-17)37-26(45)16-43-11-9-23(39-43)18-5-6-18/h3-4,7-13,15,18,24H,5-6,14,16H2,1-2H3,(H,37,45)(H,40,41). The number of anilines is 1. The van der Waals surface area contributed by atoms with Crippen molar-refractivity contribution in [2.24, 2.45) is 7.05 Å². The van der Waals surface area contributed by atoms with Gasteiger partial charge in [0, 0.05) is 37.8 Å². The summed E-state index contributed by atoms with van der Waals surface area (Å²) in [4.78, 5) is 37.0. The first kappa shape index (κ1) is 32.3. The van der Waals surface area contributed by atoms with Crippen LogP contribution in [0.4, 0.5) is 14.6 Å². The molecule has 7 rings (SSSR count). The van der Waals surface area contributed by atoms with Gasteiger partial charge in [0.05, 0.1) is 45.0 Å². The van der Waals surface area contributed by atoms with Crippen LogP contribution in [-0.4, -0.2) is 54.7 Å². The lowest BCUT2D eigenvalue weighted by Crippen LogP contribution is -2.37. The van der Waals surface area contributed by atoms with Gasteiger partial charge < -0.3 is 5.32 Å². The van der Waals surface area contributed by atoms with Crippen molar-refractivity contribution in [3.8, 4) is 5.69 Å². The quantitative estimate of drug-likeness (QED) is 0.215. The smallest absolute Gasteiger partial charge is 0.267 e. The second-order valence-electron chi connectivity index (χ2n) is 11.9. The lowest BCUT2D eigenvalue weighted by atomic mass is 10.0. The number of amides is 1. The molecule has 1 aliphatic rings. The molecular weight excluding hydrogens is 680 g/mol. The molecule has 1 fully saturated rings. The van der Waals surface area contributed by atoms with E-state index in [2.05, 4.69) is 25.2 Å². The highest BCUT2D eigenvalue weighted by atomic mass is 35.5. The van der Waals surface area contributed by atoms with E-state index in [0.29, 0.717) is 5.92 Å². The molecule has 0 bridgehead atoms. The molecule has 0 saturated heterocycles. The van der Waals surface area contributed by atoms with Crippen LogP contribution >= 0.6 is 11.6 Å². The molecule has 2 aromatic carbocycles. The van der Waals surface area contributed by atoms with Crippen molar-refractivity contribution in [3.05, 3.63) is 105 Å². The zero-order chi connectivity index (χ0) is 34.6. The third kappa shape index (κ3) is 6.61. The number of rotatable bonds is 10. The highest BCUT2D eigenvalue weighted by Gasteiger charge is 2.29. The Labute approximate surface area is 282 Å². The number of nitrogens with zero attached hydrogens (tertiary/aromatic N) is 7. The Morgan fingerprint density at radius 2 is 1.86 bits per heavy atom. The maximum atomic E-state index is 14.4. The minimum Gasteiger partial charge on any atom is -0.344 e. The molecule has 0 aliphatic heterocycles. The van der Waals surface area contributed by atoms with Gasteiger partial charge in [-0.3, -0.25) is 28.2 Å². The van der Waals surface area contributed by atoms with Crippen molar-refractivity contribution in [1.29, 1.82) is 0 Å². The number of hydrogen-bond acceptors (Lipinski definition) is 8. The normalized spacial score (nSPS) is 14.0. The Balaban J connectivity index is 1.42. The Hall–Kier alpha value is -5.22. The Bertz CT molecular complexity index is 2440. The van der Waals surface area contributed by atoms with Crippen LogP contribution in [0, 0.1) is 11.6 Å². The number of halogens is 3. The molecule has 17 heteroatoms. The minimum atomic E-state index is -3.78. The van der Waals surface area contributed by atoms with Gasteiger partial charge in [0.2, 0.25) is 15.9 Å². The van der Waals surface area contributed by atoms with Crippen molar-refractivity contribution >= 4 is 55.3 Å². The van der Waals surface area contributed by atoms with Crippen molar-refractivity contribution < 1.29 is 22.0 Å². The summed E-state index contributed by atoms with van der Waals surface area (Å²) in [5.74, 6) is -1.86. The number of carbonyl (C=O) groups excluding carboxylic acids is 1. The molecule has 1 saturated carbocycles. The monoisotopic (exact) mass is 707 g/mol. The van der Waals surface area contributed by atoms with Gasteiger partial charge in [-0.15, -0.1) is 0 Å². The lowest BCUT2D eigenvalue weighted by Gasteiger charge is -2.23. The molecule has 4 heterocycles. The fourth-order valence-corrected chi connectivity index (χ4v) is 6.65. The molecule has 1 atom stereocenters. The van der Waals surface area contributed by atoms with Gasteiger partial charge in [-0.25, -0.2) is 27.2 Å². The maximum absolute atomic E-state index is 14.4. The van der Waals surface area contributed by atoms with E-state index in [4.69, 9.17) is 16.6 Å². The predicted octanol–water partition coefficient (Wildman–Crippen LogP) is 4.14.